The largest absolute Gasteiger partial charge is 0.338 e. The zero-order valence-corrected chi connectivity index (χ0v) is 18.4. The molecule has 8 heteroatoms. The summed E-state index contributed by atoms with van der Waals surface area (Å²) in [7, 11) is 0. The zero-order chi connectivity index (χ0) is 22.4. The number of hydrogen-bond donors (Lipinski definition) is 1. The molecule has 0 spiro atoms. The smallest absolute Gasteiger partial charge is 0.277 e. The lowest BCUT2D eigenvalue weighted by Gasteiger charge is -2.35. The van der Waals surface area contributed by atoms with E-state index in [1.807, 2.05) is 42.2 Å². The fourth-order valence-corrected chi connectivity index (χ4v) is 4.88. The van der Waals surface area contributed by atoms with E-state index in [2.05, 4.69) is 5.10 Å². The number of rotatable bonds is 2. The number of fused-ring (bicyclic) bond motifs is 2. The average molecular weight is 434 g/mol. The van der Waals surface area contributed by atoms with Crippen LogP contribution in [-0.2, 0) is 17.8 Å². The molecule has 0 aliphatic carbocycles. The van der Waals surface area contributed by atoms with Crippen LogP contribution in [0.2, 0.25) is 0 Å². The number of nitrogens with zero attached hydrogens (tertiary/aromatic N) is 4. The Morgan fingerprint density at radius 2 is 2.00 bits per heavy atom. The fourth-order valence-electron chi connectivity index (χ4n) is 4.88. The van der Waals surface area contributed by atoms with E-state index in [4.69, 9.17) is 4.98 Å². The van der Waals surface area contributed by atoms with Crippen LogP contribution in [0.4, 0.5) is 0 Å². The van der Waals surface area contributed by atoms with Gasteiger partial charge in [0.05, 0.1) is 29.5 Å². The van der Waals surface area contributed by atoms with E-state index in [9.17, 15) is 14.4 Å². The van der Waals surface area contributed by atoms with Gasteiger partial charge in [0.1, 0.15) is 0 Å². The molecule has 1 atom stereocenters. The number of carbonyl (C=O) groups excluding carboxylic acids is 2. The van der Waals surface area contributed by atoms with Gasteiger partial charge in [0, 0.05) is 38.1 Å². The molecule has 0 radical (unpaired) electrons. The zero-order valence-electron chi connectivity index (χ0n) is 18.4. The summed E-state index contributed by atoms with van der Waals surface area (Å²) in [6.45, 7) is 5.04. The number of hydrogen-bond acceptors (Lipinski definition) is 4. The Labute approximate surface area is 185 Å². The molecule has 4 heterocycles. The number of aromatic nitrogens is 3. The van der Waals surface area contributed by atoms with E-state index in [1.54, 1.807) is 4.90 Å². The molecular weight excluding hydrogens is 406 g/mol. The first-order chi connectivity index (χ1) is 15.4. The third kappa shape index (κ3) is 3.49. The van der Waals surface area contributed by atoms with Crippen LogP contribution in [0.1, 0.15) is 65.1 Å². The van der Waals surface area contributed by atoms with E-state index in [0.29, 0.717) is 36.3 Å². The number of aromatic amines is 1. The number of piperidine rings is 1. The number of aryl methyl sites for hydroxylation is 1. The molecule has 0 bridgehead atoms. The van der Waals surface area contributed by atoms with Gasteiger partial charge in [0.25, 0.3) is 11.5 Å². The van der Waals surface area contributed by atoms with Crippen LogP contribution in [0.5, 0.6) is 0 Å². The SMILES string of the molecule is CC(=O)N1CCc2nc3cc([C@H]4CCCCN4C(=O)c4cccc(C)c4)[nH]n3c(=O)c2C1. The van der Waals surface area contributed by atoms with Crippen LogP contribution in [0, 0.1) is 6.92 Å². The minimum Gasteiger partial charge on any atom is -0.338 e. The topological polar surface area (TPSA) is 90.8 Å². The summed E-state index contributed by atoms with van der Waals surface area (Å²) in [6.07, 6.45) is 3.38. The molecule has 32 heavy (non-hydrogen) atoms. The first kappa shape index (κ1) is 20.5. The summed E-state index contributed by atoms with van der Waals surface area (Å²) in [5.74, 6) is -0.0337. The van der Waals surface area contributed by atoms with Gasteiger partial charge >= 0.3 is 0 Å². The highest BCUT2D eigenvalue weighted by molar-refractivity contribution is 5.94. The molecular formula is C24H27N5O3. The van der Waals surface area contributed by atoms with Gasteiger partial charge in [-0.2, -0.15) is 0 Å². The lowest BCUT2D eigenvalue weighted by molar-refractivity contribution is -0.129. The third-order valence-corrected chi connectivity index (χ3v) is 6.61. The summed E-state index contributed by atoms with van der Waals surface area (Å²) in [6, 6.07) is 9.42. The second-order valence-corrected chi connectivity index (χ2v) is 8.82. The van der Waals surface area contributed by atoms with Crippen LogP contribution in [0.15, 0.2) is 35.1 Å². The van der Waals surface area contributed by atoms with Gasteiger partial charge in [-0.25, -0.2) is 9.50 Å². The number of likely N-dealkylation sites (tertiary alicyclic amines) is 1. The molecule has 0 unspecified atom stereocenters. The van der Waals surface area contributed by atoms with Crippen molar-refractivity contribution < 1.29 is 9.59 Å². The first-order valence-corrected chi connectivity index (χ1v) is 11.2. The predicted molar refractivity (Wildman–Crippen MR) is 119 cm³/mol. The maximum absolute atomic E-state index is 13.3. The number of amides is 2. The van der Waals surface area contributed by atoms with E-state index in [-0.39, 0.29) is 30.0 Å². The van der Waals surface area contributed by atoms with Crippen LogP contribution >= 0.6 is 0 Å². The molecule has 1 aromatic carbocycles. The lowest BCUT2D eigenvalue weighted by atomic mass is 9.98. The Bertz CT molecular complexity index is 1270. The predicted octanol–water partition coefficient (Wildman–Crippen LogP) is 2.60. The van der Waals surface area contributed by atoms with E-state index < -0.39 is 0 Å². The second-order valence-electron chi connectivity index (χ2n) is 8.82. The van der Waals surface area contributed by atoms with Crippen molar-refractivity contribution in [1.29, 1.82) is 0 Å². The van der Waals surface area contributed by atoms with Crippen molar-refractivity contribution >= 4 is 17.5 Å². The quantitative estimate of drug-likeness (QED) is 0.673. The normalized spacial score (nSPS) is 18.6. The van der Waals surface area contributed by atoms with Crippen molar-refractivity contribution in [3.8, 4) is 0 Å². The summed E-state index contributed by atoms with van der Waals surface area (Å²) in [4.78, 5) is 46.6. The summed E-state index contributed by atoms with van der Waals surface area (Å²) in [5, 5.41) is 3.22. The lowest BCUT2D eigenvalue weighted by Crippen LogP contribution is -2.39. The number of nitrogens with one attached hydrogen (secondary N) is 1. The van der Waals surface area contributed by atoms with Gasteiger partial charge in [-0.3, -0.25) is 19.5 Å². The highest BCUT2D eigenvalue weighted by Gasteiger charge is 2.31. The van der Waals surface area contributed by atoms with E-state index >= 15 is 0 Å². The average Bonchev–Trinajstić information content (AvgIpc) is 3.23. The number of H-pyrrole nitrogens is 1. The Kier molecular flexibility index (Phi) is 5.07. The van der Waals surface area contributed by atoms with Gasteiger partial charge in [0.15, 0.2) is 5.65 Å². The van der Waals surface area contributed by atoms with Crippen molar-refractivity contribution in [3.63, 3.8) is 0 Å². The second kappa shape index (κ2) is 7.93. The van der Waals surface area contributed by atoms with Crippen molar-refractivity contribution in [2.45, 2.75) is 52.1 Å². The number of benzene rings is 1. The molecule has 1 N–H and O–H groups in total. The first-order valence-electron chi connectivity index (χ1n) is 11.2. The summed E-state index contributed by atoms with van der Waals surface area (Å²) < 4.78 is 1.46. The van der Waals surface area contributed by atoms with Crippen LogP contribution in [0.3, 0.4) is 0 Å². The van der Waals surface area contributed by atoms with E-state index in [1.165, 1.54) is 11.4 Å². The maximum atomic E-state index is 13.3. The molecule has 1 fully saturated rings. The molecule has 1 saturated heterocycles. The molecule has 166 valence electrons. The Morgan fingerprint density at radius 3 is 2.78 bits per heavy atom. The Balaban J connectivity index is 1.52. The van der Waals surface area contributed by atoms with Gasteiger partial charge in [-0.15, -0.1) is 0 Å². The molecule has 0 saturated carbocycles. The highest BCUT2D eigenvalue weighted by atomic mass is 16.2. The van der Waals surface area contributed by atoms with Crippen LogP contribution in [-0.4, -0.2) is 49.3 Å². The monoisotopic (exact) mass is 433 g/mol. The third-order valence-electron chi connectivity index (χ3n) is 6.61. The van der Waals surface area contributed by atoms with Gasteiger partial charge in [0.2, 0.25) is 5.91 Å². The van der Waals surface area contributed by atoms with Crippen molar-refractivity contribution in [3.05, 3.63) is 68.8 Å². The molecule has 2 aromatic heterocycles. The van der Waals surface area contributed by atoms with E-state index in [0.717, 1.165) is 36.2 Å². The Hall–Kier alpha value is -3.42. The summed E-state index contributed by atoms with van der Waals surface area (Å²) >= 11 is 0. The molecule has 3 aromatic rings. The minimum absolute atomic E-state index is 0.00811. The molecule has 2 amide bonds. The standard InChI is InChI=1S/C24H27N5O3/c1-15-6-5-7-17(12-15)23(31)28-10-4-3-8-21(28)20-13-22-25-19-9-11-27(16(2)30)14-18(19)24(32)29(22)26-20/h5-7,12-13,21,26H,3-4,8-11,14H2,1-2H3/t21-/m1/s1. The molecule has 2 aliphatic heterocycles. The van der Waals surface area contributed by atoms with Crippen LogP contribution < -0.4 is 5.56 Å². The molecule has 5 rings (SSSR count). The Morgan fingerprint density at radius 1 is 1.16 bits per heavy atom. The van der Waals surface area contributed by atoms with Crippen molar-refractivity contribution in [2.75, 3.05) is 13.1 Å². The van der Waals surface area contributed by atoms with Crippen LogP contribution in [0.25, 0.3) is 5.65 Å². The summed E-state index contributed by atoms with van der Waals surface area (Å²) in [5.41, 5.74) is 4.27. The number of carbonyl (C=O) groups is 2. The van der Waals surface area contributed by atoms with Crippen molar-refractivity contribution in [2.24, 2.45) is 0 Å². The van der Waals surface area contributed by atoms with Crippen molar-refractivity contribution in [1.82, 2.24) is 24.4 Å². The van der Waals surface area contributed by atoms with Gasteiger partial charge in [-0.05, 0) is 38.3 Å². The fraction of sp³-hybridized carbons (Fsp3) is 0.417. The molecule has 8 nitrogen and oxygen atoms in total. The highest BCUT2D eigenvalue weighted by Crippen LogP contribution is 2.32. The minimum atomic E-state index is -0.172. The van der Waals surface area contributed by atoms with Gasteiger partial charge in [-0.1, -0.05) is 17.7 Å². The maximum Gasteiger partial charge on any atom is 0.277 e. The molecule has 2 aliphatic rings. The van der Waals surface area contributed by atoms with Gasteiger partial charge < -0.3 is 9.80 Å².